The van der Waals surface area contributed by atoms with Crippen molar-refractivity contribution < 1.29 is 0 Å². The summed E-state index contributed by atoms with van der Waals surface area (Å²) in [6.45, 7) is 5.83. The Bertz CT molecular complexity index is 1110. The number of pyridine rings is 2. The fourth-order valence-corrected chi connectivity index (χ4v) is 5.06. The lowest BCUT2D eigenvalue weighted by atomic mass is 9.81. The molecular formula is C24H25N3O. The van der Waals surface area contributed by atoms with Crippen molar-refractivity contribution in [2.75, 3.05) is 13.1 Å². The second-order valence-electron chi connectivity index (χ2n) is 8.15. The number of fused-ring (bicyclic) bond motifs is 5. The van der Waals surface area contributed by atoms with Gasteiger partial charge in [0.2, 0.25) is 0 Å². The van der Waals surface area contributed by atoms with E-state index in [1.807, 2.05) is 29.8 Å². The second kappa shape index (κ2) is 7.02. The maximum atomic E-state index is 12.5. The highest BCUT2D eigenvalue weighted by Crippen LogP contribution is 2.37. The van der Waals surface area contributed by atoms with E-state index in [4.69, 9.17) is 0 Å². The zero-order valence-corrected chi connectivity index (χ0v) is 16.2. The summed E-state index contributed by atoms with van der Waals surface area (Å²) >= 11 is 0. The predicted molar refractivity (Wildman–Crippen MR) is 113 cm³/mol. The molecule has 0 unspecified atom stereocenters. The SMILES string of the molecule is CC=Cc1ccc(=O)n2c1[C@H]1C[C@@H](CN(Cc3cnc4ccccc4c3)C1)C2. The van der Waals surface area contributed by atoms with Gasteiger partial charge in [-0.05, 0) is 48.6 Å². The van der Waals surface area contributed by atoms with E-state index in [1.54, 1.807) is 6.07 Å². The molecular weight excluding hydrogens is 346 g/mol. The summed E-state index contributed by atoms with van der Waals surface area (Å²) in [6, 6.07) is 14.2. The quantitative estimate of drug-likeness (QED) is 0.697. The van der Waals surface area contributed by atoms with E-state index in [1.165, 1.54) is 28.6 Å². The molecule has 4 heteroatoms. The van der Waals surface area contributed by atoms with Gasteiger partial charge in [0.25, 0.3) is 5.56 Å². The second-order valence-corrected chi connectivity index (χ2v) is 8.15. The maximum absolute atomic E-state index is 12.5. The van der Waals surface area contributed by atoms with Gasteiger partial charge in [0.1, 0.15) is 0 Å². The molecule has 0 aliphatic carbocycles. The first-order valence-corrected chi connectivity index (χ1v) is 10.1. The van der Waals surface area contributed by atoms with Crippen molar-refractivity contribution in [3.63, 3.8) is 0 Å². The first kappa shape index (κ1) is 17.4. The Hall–Kier alpha value is -2.72. The van der Waals surface area contributed by atoms with Crippen LogP contribution in [0, 0.1) is 5.92 Å². The minimum absolute atomic E-state index is 0.144. The molecule has 0 saturated carbocycles. The van der Waals surface area contributed by atoms with Crippen molar-refractivity contribution in [1.82, 2.24) is 14.5 Å². The summed E-state index contributed by atoms with van der Waals surface area (Å²) in [5.41, 5.74) is 4.87. The smallest absolute Gasteiger partial charge is 0.250 e. The van der Waals surface area contributed by atoms with Crippen molar-refractivity contribution in [1.29, 1.82) is 0 Å². The lowest BCUT2D eigenvalue weighted by molar-refractivity contribution is 0.114. The van der Waals surface area contributed by atoms with Crippen LogP contribution in [0.4, 0.5) is 0 Å². The molecule has 3 aromatic rings. The predicted octanol–water partition coefficient (Wildman–Crippen LogP) is 4.05. The molecule has 2 aliphatic rings. The summed E-state index contributed by atoms with van der Waals surface area (Å²) in [4.78, 5) is 19.6. The van der Waals surface area contributed by atoms with E-state index in [-0.39, 0.29) is 5.56 Å². The number of hydrogen-bond donors (Lipinski definition) is 0. The van der Waals surface area contributed by atoms with E-state index < -0.39 is 0 Å². The van der Waals surface area contributed by atoms with Gasteiger partial charge in [-0.15, -0.1) is 0 Å². The van der Waals surface area contributed by atoms with Gasteiger partial charge in [0.05, 0.1) is 5.52 Å². The number of para-hydroxylation sites is 1. The summed E-state index contributed by atoms with van der Waals surface area (Å²) in [6.07, 6.45) is 7.39. The van der Waals surface area contributed by atoms with Crippen LogP contribution in [-0.4, -0.2) is 27.5 Å². The third-order valence-electron chi connectivity index (χ3n) is 6.10. The molecule has 1 aromatic carbocycles. The van der Waals surface area contributed by atoms with Crippen molar-refractivity contribution in [3.8, 4) is 0 Å². The monoisotopic (exact) mass is 371 g/mol. The van der Waals surface area contributed by atoms with Crippen LogP contribution in [0.3, 0.4) is 0 Å². The Labute approximate surface area is 165 Å². The van der Waals surface area contributed by atoms with Gasteiger partial charge in [0, 0.05) is 55.4 Å². The molecule has 1 saturated heterocycles. The molecule has 2 atom stereocenters. The molecule has 2 bridgehead atoms. The number of aromatic nitrogens is 2. The minimum Gasteiger partial charge on any atom is -0.311 e. The average Bonchev–Trinajstić information content (AvgIpc) is 2.70. The third-order valence-corrected chi connectivity index (χ3v) is 6.10. The Balaban J connectivity index is 1.44. The number of nitrogens with zero attached hydrogens (tertiary/aromatic N) is 3. The Kier molecular flexibility index (Phi) is 4.36. The minimum atomic E-state index is 0.144. The van der Waals surface area contributed by atoms with Crippen molar-refractivity contribution >= 4 is 17.0 Å². The van der Waals surface area contributed by atoms with E-state index in [9.17, 15) is 4.79 Å². The van der Waals surface area contributed by atoms with E-state index in [2.05, 4.69) is 46.3 Å². The zero-order valence-electron chi connectivity index (χ0n) is 16.2. The number of piperidine rings is 1. The summed E-state index contributed by atoms with van der Waals surface area (Å²) in [5, 5.41) is 1.20. The van der Waals surface area contributed by atoms with Crippen LogP contribution in [0.15, 0.2) is 59.5 Å². The molecule has 2 aliphatic heterocycles. The standard InChI is InChI=1S/C24H25N3O/c1-2-5-19-8-9-23(28)27-15-18-11-21(24(19)27)16-26(14-18)13-17-10-20-6-3-4-7-22(20)25-12-17/h2-10,12,18,21H,11,13-16H2,1H3/t18-,21-/m0/s1. The fraction of sp³-hybridized carbons (Fsp3) is 0.333. The molecule has 4 heterocycles. The Morgan fingerprint density at radius 1 is 1.14 bits per heavy atom. The van der Waals surface area contributed by atoms with Crippen LogP contribution in [0.2, 0.25) is 0 Å². The highest BCUT2D eigenvalue weighted by Gasteiger charge is 2.35. The van der Waals surface area contributed by atoms with Gasteiger partial charge >= 0.3 is 0 Å². The van der Waals surface area contributed by atoms with Crippen LogP contribution in [-0.2, 0) is 13.1 Å². The third kappa shape index (κ3) is 3.08. The summed E-state index contributed by atoms with van der Waals surface area (Å²) in [7, 11) is 0. The maximum Gasteiger partial charge on any atom is 0.250 e. The van der Waals surface area contributed by atoms with Crippen molar-refractivity contribution in [3.05, 3.63) is 81.9 Å². The molecule has 1 fully saturated rings. The van der Waals surface area contributed by atoms with Gasteiger partial charge in [-0.1, -0.05) is 30.4 Å². The molecule has 2 aromatic heterocycles. The Morgan fingerprint density at radius 2 is 2.04 bits per heavy atom. The van der Waals surface area contributed by atoms with Gasteiger partial charge in [-0.3, -0.25) is 14.7 Å². The van der Waals surface area contributed by atoms with Gasteiger partial charge in [-0.2, -0.15) is 0 Å². The highest BCUT2D eigenvalue weighted by molar-refractivity contribution is 5.78. The van der Waals surface area contributed by atoms with Crippen LogP contribution in [0.1, 0.15) is 36.1 Å². The molecule has 4 nitrogen and oxygen atoms in total. The average molecular weight is 371 g/mol. The number of likely N-dealkylation sites (tertiary alicyclic amines) is 1. The molecule has 142 valence electrons. The first-order valence-electron chi connectivity index (χ1n) is 10.1. The fourth-order valence-electron chi connectivity index (χ4n) is 5.06. The molecule has 0 spiro atoms. The van der Waals surface area contributed by atoms with Crippen molar-refractivity contribution in [2.45, 2.75) is 32.4 Å². The van der Waals surface area contributed by atoms with E-state index in [0.717, 1.165) is 31.7 Å². The van der Waals surface area contributed by atoms with Gasteiger partial charge in [-0.25, -0.2) is 0 Å². The molecule has 0 N–H and O–H groups in total. The molecule has 0 amide bonds. The first-order chi connectivity index (χ1) is 13.7. The molecule has 0 radical (unpaired) electrons. The normalized spacial score (nSPS) is 21.9. The van der Waals surface area contributed by atoms with Crippen LogP contribution in [0.5, 0.6) is 0 Å². The van der Waals surface area contributed by atoms with Crippen LogP contribution in [0.25, 0.3) is 17.0 Å². The number of hydrogen-bond acceptors (Lipinski definition) is 3. The largest absolute Gasteiger partial charge is 0.311 e. The lowest BCUT2D eigenvalue weighted by Crippen LogP contribution is -2.47. The number of benzene rings is 1. The van der Waals surface area contributed by atoms with Gasteiger partial charge in [0.15, 0.2) is 0 Å². The zero-order chi connectivity index (χ0) is 19.1. The summed E-state index contributed by atoms with van der Waals surface area (Å²) < 4.78 is 2.03. The highest BCUT2D eigenvalue weighted by atomic mass is 16.1. The van der Waals surface area contributed by atoms with E-state index in [0.29, 0.717) is 11.8 Å². The topological polar surface area (TPSA) is 38.1 Å². The molecule has 28 heavy (non-hydrogen) atoms. The summed E-state index contributed by atoms with van der Waals surface area (Å²) in [5.74, 6) is 0.958. The number of allylic oxidation sites excluding steroid dienone is 1. The van der Waals surface area contributed by atoms with Crippen LogP contribution >= 0.6 is 0 Å². The van der Waals surface area contributed by atoms with Gasteiger partial charge < -0.3 is 4.57 Å². The van der Waals surface area contributed by atoms with Crippen molar-refractivity contribution in [2.24, 2.45) is 5.92 Å². The van der Waals surface area contributed by atoms with E-state index >= 15 is 0 Å². The van der Waals surface area contributed by atoms with Crippen LogP contribution < -0.4 is 5.56 Å². The lowest BCUT2D eigenvalue weighted by Gasteiger charge is -2.43. The molecule has 5 rings (SSSR count). The Morgan fingerprint density at radius 3 is 2.93 bits per heavy atom. The number of rotatable bonds is 3.